The van der Waals surface area contributed by atoms with Gasteiger partial charge in [-0.25, -0.2) is 21.6 Å². The van der Waals surface area contributed by atoms with Crippen molar-refractivity contribution in [1.82, 2.24) is 0 Å². The number of ether oxygens (including phenoxy) is 1. The summed E-state index contributed by atoms with van der Waals surface area (Å²) in [5.41, 5.74) is -1.38. The van der Waals surface area contributed by atoms with Gasteiger partial charge in [-0.15, -0.1) is 0 Å². The van der Waals surface area contributed by atoms with Crippen LogP contribution in [0.4, 0.5) is 30.2 Å². The van der Waals surface area contributed by atoms with Crippen LogP contribution in [0.2, 0.25) is 0 Å². The lowest BCUT2D eigenvalue weighted by molar-refractivity contribution is -0.00873. The molecule has 3 rings (SSSR count). The molecule has 0 amide bonds. The Morgan fingerprint density at radius 3 is 2.55 bits per heavy atom. The highest BCUT2D eigenvalue weighted by atomic mass is 127. The van der Waals surface area contributed by atoms with Crippen molar-refractivity contribution < 1.29 is 36.5 Å². The first kappa shape index (κ1) is 21.9. The van der Waals surface area contributed by atoms with Crippen molar-refractivity contribution in [2.45, 2.75) is 18.6 Å². The Bertz CT molecular complexity index is 1040. The van der Waals surface area contributed by atoms with E-state index in [0.717, 1.165) is 6.07 Å². The predicted octanol–water partition coefficient (Wildman–Crippen LogP) is 2.70. The molecule has 0 saturated heterocycles. The van der Waals surface area contributed by atoms with Gasteiger partial charge in [0.2, 0.25) is 10.0 Å². The molecule has 2 aromatic carbocycles. The fourth-order valence-corrected chi connectivity index (χ4v) is 4.24. The van der Waals surface area contributed by atoms with E-state index in [1.54, 1.807) is 0 Å². The van der Waals surface area contributed by atoms with Gasteiger partial charge >= 0.3 is 0 Å². The monoisotopic (exact) mass is 544 g/mol. The Morgan fingerprint density at radius 1 is 1.14 bits per heavy atom. The highest BCUT2D eigenvalue weighted by Gasteiger charge is 2.28. The van der Waals surface area contributed by atoms with Crippen LogP contribution in [0.15, 0.2) is 24.3 Å². The molecule has 0 fully saturated rings. The maximum atomic E-state index is 14.6. The third kappa shape index (κ3) is 5.05. The summed E-state index contributed by atoms with van der Waals surface area (Å²) in [6.45, 7) is -0.502. The number of nitrogens with one attached hydrogen (secondary N) is 2. The summed E-state index contributed by atoms with van der Waals surface area (Å²) in [4.78, 5) is 0. The van der Waals surface area contributed by atoms with Crippen molar-refractivity contribution in [2.75, 3.05) is 22.4 Å². The zero-order valence-corrected chi connectivity index (χ0v) is 17.6. The van der Waals surface area contributed by atoms with Crippen LogP contribution in [0, 0.1) is 21.0 Å². The number of halogens is 4. The smallest absolute Gasteiger partial charge is 0.233 e. The second-order valence-electron chi connectivity index (χ2n) is 6.32. The predicted molar refractivity (Wildman–Crippen MR) is 108 cm³/mol. The lowest BCUT2D eigenvalue weighted by Gasteiger charge is -2.24. The molecule has 2 atom stereocenters. The van der Waals surface area contributed by atoms with E-state index in [2.05, 4.69) is 10.0 Å². The number of fused-ring (bicyclic) bond motifs is 1. The Labute approximate surface area is 178 Å². The van der Waals surface area contributed by atoms with Crippen LogP contribution in [0.3, 0.4) is 0 Å². The van der Waals surface area contributed by atoms with Crippen LogP contribution < -0.4 is 14.8 Å². The van der Waals surface area contributed by atoms with Crippen LogP contribution in [0.25, 0.3) is 0 Å². The fourth-order valence-electron chi connectivity index (χ4n) is 2.62. The number of hydrogen-bond acceptors (Lipinski definition) is 6. The molecule has 0 saturated carbocycles. The molecule has 0 aliphatic carbocycles. The Hall–Kier alpha value is -1.77. The van der Waals surface area contributed by atoms with Crippen LogP contribution in [0.1, 0.15) is 6.42 Å². The molecular formula is C17H16F3IN2O5S. The number of anilines is 3. The third-order valence-corrected chi connectivity index (χ3v) is 6.13. The first-order valence-electron chi connectivity index (χ1n) is 8.31. The molecule has 1 aliphatic heterocycles. The largest absolute Gasteiger partial charge is 0.488 e. The van der Waals surface area contributed by atoms with Gasteiger partial charge in [-0.3, -0.25) is 4.72 Å². The average Bonchev–Trinajstić information content (AvgIpc) is 2.65. The van der Waals surface area contributed by atoms with Crippen molar-refractivity contribution >= 4 is 49.7 Å². The molecule has 29 heavy (non-hydrogen) atoms. The van der Waals surface area contributed by atoms with E-state index in [0.29, 0.717) is 9.64 Å². The quantitative estimate of drug-likeness (QED) is 0.434. The Balaban J connectivity index is 2.13. The molecule has 0 aromatic heterocycles. The molecule has 12 heteroatoms. The summed E-state index contributed by atoms with van der Waals surface area (Å²) in [5, 5.41) is 22.0. The topological polar surface area (TPSA) is 108 Å². The van der Waals surface area contributed by atoms with Gasteiger partial charge in [0, 0.05) is 9.64 Å². The zero-order valence-electron chi connectivity index (χ0n) is 14.6. The molecular weight excluding hydrogens is 528 g/mol. The van der Waals surface area contributed by atoms with Gasteiger partial charge in [0.15, 0.2) is 11.6 Å². The Kier molecular flexibility index (Phi) is 6.45. The zero-order chi connectivity index (χ0) is 21.3. The first-order chi connectivity index (χ1) is 13.6. The average molecular weight is 544 g/mol. The number of aliphatic hydroxyl groups is 2. The van der Waals surface area contributed by atoms with Crippen LogP contribution in [-0.2, 0) is 10.0 Å². The van der Waals surface area contributed by atoms with E-state index in [9.17, 15) is 31.8 Å². The minimum Gasteiger partial charge on any atom is -0.488 e. The standard InChI is InChI=1S/C17H16F3IN2O5S/c18-9-5-8(21)1-2-11(9)22-17-15(20)10(19)6-14-16(17)23-29(26,27)4-3-12(24)13(25)7-28-14/h1-2,5-6,12-13,22-25H,3-4,7H2. The van der Waals surface area contributed by atoms with E-state index in [4.69, 9.17) is 4.74 Å². The van der Waals surface area contributed by atoms with Gasteiger partial charge in [0.1, 0.15) is 35.7 Å². The second kappa shape index (κ2) is 8.53. The lowest BCUT2D eigenvalue weighted by atomic mass is 10.1. The molecule has 2 aromatic rings. The van der Waals surface area contributed by atoms with Gasteiger partial charge in [-0.1, -0.05) is 0 Å². The minimum atomic E-state index is -4.14. The van der Waals surface area contributed by atoms with Crippen molar-refractivity contribution in [2.24, 2.45) is 0 Å². The van der Waals surface area contributed by atoms with Crippen molar-refractivity contribution in [3.63, 3.8) is 0 Å². The highest BCUT2D eigenvalue weighted by Crippen LogP contribution is 2.40. The van der Waals surface area contributed by atoms with E-state index in [-0.39, 0.29) is 12.1 Å². The van der Waals surface area contributed by atoms with Crippen molar-refractivity contribution in [1.29, 1.82) is 0 Å². The summed E-state index contributed by atoms with van der Waals surface area (Å²) >= 11 is 1.87. The van der Waals surface area contributed by atoms with Gasteiger partial charge in [0.05, 0.1) is 17.5 Å². The molecule has 1 heterocycles. The first-order valence-corrected chi connectivity index (χ1v) is 11.0. The fraction of sp³-hybridized carbons (Fsp3) is 0.294. The van der Waals surface area contributed by atoms with Gasteiger partial charge in [-0.05, 0) is 47.2 Å². The molecule has 0 spiro atoms. The number of hydrogen-bond donors (Lipinski definition) is 4. The normalized spacial score (nSPS) is 21.4. The Morgan fingerprint density at radius 2 is 1.86 bits per heavy atom. The molecule has 4 N–H and O–H groups in total. The number of sulfonamides is 1. The summed E-state index contributed by atoms with van der Waals surface area (Å²) in [6, 6.07) is 4.55. The summed E-state index contributed by atoms with van der Waals surface area (Å²) in [7, 11) is -4.14. The molecule has 158 valence electrons. The molecule has 0 bridgehead atoms. The van der Waals surface area contributed by atoms with Crippen LogP contribution in [0.5, 0.6) is 5.75 Å². The van der Waals surface area contributed by atoms with Crippen LogP contribution in [-0.4, -0.2) is 43.2 Å². The SMILES string of the molecule is O=S1(=O)CCC(O)C(O)COc2cc(F)c(F)c(Nc3ccc(I)cc3F)c2N1. The van der Waals surface area contributed by atoms with E-state index in [1.807, 2.05) is 22.6 Å². The summed E-state index contributed by atoms with van der Waals surface area (Å²) in [6.07, 6.45) is -3.15. The summed E-state index contributed by atoms with van der Waals surface area (Å²) < 4.78 is 75.4. The third-order valence-electron chi connectivity index (χ3n) is 4.17. The summed E-state index contributed by atoms with van der Waals surface area (Å²) in [5.74, 6) is -4.64. The van der Waals surface area contributed by atoms with Gasteiger partial charge < -0.3 is 20.3 Å². The van der Waals surface area contributed by atoms with E-state index in [1.165, 1.54) is 12.1 Å². The minimum absolute atomic E-state index is 0.219. The lowest BCUT2D eigenvalue weighted by Crippen LogP contribution is -2.35. The number of benzene rings is 2. The number of aliphatic hydroxyl groups excluding tert-OH is 2. The molecule has 7 nitrogen and oxygen atoms in total. The van der Waals surface area contributed by atoms with Crippen LogP contribution >= 0.6 is 22.6 Å². The van der Waals surface area contributed by atoms with Gasteiger partial charge in [-0.2, -0.15) is 0 Å². The maximum absolute atomic E-state index is 14.6. The maximum Gasteiger partial charge on any atom is 0.233 e. The van der Waals surface area contributed by atoms with Gasteiger partial charge in [0.25, 0.3) is 0 Å². The van der Waals surface area contributed by atoms with Crippen molar-refractivity contribution in [3.8, 4) is 5.75 Å². The molecule has 1 aliphatic rings. The second-order valence-corrected chi connectivity index (χ2v) is 9.41. The number of rotatable bonds is 2. The van der Waals surface area contributed by atoms with E-state index >= 15 is 0 Å². The van der Waals surface area contributed by atoms with E-state index < -0.39 is 69.2 Å². The molecule has 0 radical (unpaired) electrons. The molecule has 2 unspecified atom stereocenters. The highest BCUT2D eigenvalue weighted by molar-refractivity contribution is 14.1. The van der Waals surface area contributed by atoms with Crippen molar-refractivity contribution in [3.05, 3.63) is 45.3 Å².